The summed E-state index contributed by atoms with van der Waals surface area (Å²) in [6, 6.07) is 17.8. The number of nitrogens with one attached hydrogen (secondary N) is 2. The first-order valence-corrected chi connectivity index (χ1v) is 8.59. The molecule has 26 heavy (non-hydrogen) atoms. The maximum Gasteiger partial charge on any atom is 0.289 e. The van der Waals surface area contributed by atoms with Crippen LogP contribution in [-0.4, -0.2) is 22.3 Å². The van der Waals surface area contributed by atoms with Crippen LogP contribution in [0.4, 0.5) is 0 Å². The van der Waals surface area contributed by atoms with E-state index in [1.165, 1.54) is 11.1 Å². The van der Waals surface area contributed by atoms with Crippen molar-refractivity contribution in [2.24, 2.45) is 5.10 Å². The average molecular weight is 346 g/mol. The van der Waals surface area contributed by atoms with Crippen LogP contribution >= 0.6 is 0 Å². The molecule has 2 aromatic carbocycles. The van der Waals surface area contributed by atoms with Crippen LogP contribution in [0, 0.1) is 6.92 Å². The van der Waals surface area contributed by atoms with Gasteiger partial charge < -0.3 is 0 Å². The highest BCUT2D eigenvalue weighted by Gasteiger charge is 2.10. The molecule has 0 bridgehead atoms. The highest BCUT2D eigenvalue weighted by molar-refractivity contribution is 5.94. The van der Waals surface area contributed by atoms with Crippen LogP contribution in [0.1, 0.15) is 46.9 Å². The van der Waals surface area contributed by atoms with Gasteiger partial charge in [0.15, 0.2) is 0 Å². The molecular formula is C21H22N4O. The molecule has 5 nitrogen and oxygen atoms in total. The fourth-order valence-electron chi connectivity index (χ4n) is 2.50. The van der Waals surface area contributed by atoms with Gasteiger partial charge in [0.25, 0.3) is 5.91 Å². The lowest BCUT2D eigenvalue weighted by molar-refractivity contribution is 0.0950. The molecule has 1 amide bonds. The molecule has 0 aliphatic rings. The van der Waals surface area contributed by atoms with E-state index in [2.05, 4.69) is 46.7 Å². The van der Waals surface area contributed by atoms with E-state index in [0.717, 1.165) is 16.8 Å². The predicted octanol–water partition coefficient (Wildman–Crippen LogP) is 4.27. The maximum atomic E-state index is 12.2. The van der Waals surface area contributed by atoms with Gasteiger partial charge in [0.05, 0.1) is 11.9 Å². The number of benzene rings is 2. The second-order valence-electron chi connectivity index (χ2n) is 6.55. The van der Waals surface area contributed by atoms with Gasteiger partial charge in [0.2, 0.25) is 0 Å². The topological polar surface area (TPSA) is 70.1 Å². The van der Waals surface area contributed by atoms with Crippen molar-refractivity contribution in [3.8, 4) is 11.3 Å². The molecule has 0 radical (unpaired) electrons. The van der Waals surface area contributed by atoms with E-state index in [1.54, 1.807) is 12.3 Å². The number of hydrogen-bond donors (Lipinski definition) is 2. The minimum atomic E-state index is -0.328. The highest BCUT2D eigenvalue weighted by Crippen LogP contribution is 2.18. The molecule has 132 valence electrons. The van der Waals surface area contributed by atoms with Gasteiger partial charge in [-0.05, 0) is 30.0 Å². The Morgan fingerprint density at radius 2 is 1.81 bits per heavy atom. The molecule has 3 rings (SSSR count). The minimum Gasteiger partial charge on any atom is -0.272 e. The Balaban J connectivity index is 1.62. The van der Waals surface area contributed by atoms with Crippen LogP contribution in [-0.2, 0) is 0 Å². The molecule has 0 aliphatic heterocycles. The normalized spacial score (nSPS) is 11.2. The van der Waals surface area contributed by atoms with Crippen molar-refractivity contribution in [2.45, 2.75) is 26.7 Å². The fourth-order valence-corrected chi connectivity index (χ4v) is 2.50. The Labute approximate surface area is 153 Å². The van der Waals surface area contributed by atoms with E-state index in [1.807, 2.05) is 43.3 Å². The standard InChI is InChI=1S/C21H22N4O/c1-14(2)17-10-6-16(7-11-17)13-22-25-21(26)20-12-19(23-24-20)18-8-4-15(3)5-9-18/h4-14H,1-3H3,(H,23,24)(H,25,26)/b22-13-. The molecule has 1 aromatic heterocycles. The Kier molecular flexibility index (Phi) is 5.27. The SMILES string of the molecule is Cc1ccc(-c2cc(C(=O)N/N=C\c3ccc(C(C)C)cc3)[nH]n2)cc1. The number of nitrogens with zero attached hydrogens (tertiary/aromatic N) is 2. The Bertz CT molecular complexity index is 906. The van der Waals surface area contributed by atoms with Crippen LogP contribution in [0.15, 0.2) is 59.7 Å². The molecule has 2 N–H and O–H groups in total. The van der Waals surface area contributed by atoms with E-state index in [4.69, 9.17) is 0 Å². The number of aromatic nitrogens is 2. The van der Waals surface area contributed by atoms with E-state index < -0.39 is 0 Å². The zero-order valence-corrected chi connectivity index (χ0v) is 15.2. The van der Waals surface area contributed by atoms with Crippen LogP contribution < -0.4 is 5.43 Å². The Morgan fingerprint density at radius 1 is 1.12 bits per heavy atom. The molecule has 0 aliphatic carbocycles. The molecule has 0 saturated heterocycles. The summed E-state index contributed by atoms with van der Waals surface area (Å²) in [6.07, 6.45) is 1.62. The summed E-state index contributed by atoms with van der Waals surface area (Å²) < 4.78 is 0. The second kappa shape index (κ2) is 7.78. The van der Waals surface area contributed by atoms with Crippen LogP contribution in [0.2, 0.25) is 0 Å². The maximum absolute atomic E-state index is 12.2. The van der Waals surface area contributed by atoms with Crippen molar-refractivity contribution in [3.05, 3.63) is 77.0 Å². The molecule has 0 fully saturated rings. The summed E-state index contributed by atoms with van der Waals surface area (Å²) >= 11 is 0. The van der Waals surface area contributed by atoms with E-state index in [9.17, 15) is 4.79 Å². The van der Waals surface area contributed by atoms with Gasteiger partial charge in [0.1, 0.15) is 5.69 Å². The van der Waals surface area contributed by atoms with Crippen LogP contribution in [0.5, 0.6) is 0 Å². The third-order valence-corrected chi connectivity index (χ3v) is 4.15. The first-order valence-electron chi connectivity index (χ1n) is 8.59. The Hall–Kier alpha value is -3.21. The smallest absolute Gasteiger partial charge is 0.272 e. The molecule has 0 saturated carbocycles. The van der Waals surface area contributed by atoms with Crippen molar-refractivity contribution < 1.29 is 4.79 Å². The van der Waals surface area contributed by atoms with Crippen molar-refractivity contribution in [2.75, 3.05) is 0 Å². The summed E-state index contributed by atoms with van der Waals surface area (Å²) in [4.78, 5) is 12.2. The first-order chi connectivity index (χ1) is 12.5. The van der Waals surface area contributed by atoms with Crippen molar-refractivity contribution >= 4 is 12.1 Å². The zero-order chi connectivity index (χ0) is 18.5. The largest absolute Gasteiger partial charge is 0.289 e. The van der Waals surface area contributed by atoms with Gasteiger partial charge in [-0.2, -0.15) is 10.2 Å². The summed E-state index contributed by atoms with van der Waals surface area (Å²) in [7, 11) is 0. The average Bonchev–Trinajstić information content (AvgIpc) is 3.13. The second-order valence-corrected chi connectivity index (χ2v) is 6.55. The molecular weight excluding hydrogens is 324 g/mol. The number of amides is 1. The number of H-pyrrole nitrogens is 1. The number of rotatable bonds is 5. The lowest BCUT2D eigenvalue weighted by Gasteiger charge is -2.04. The van der Waals surface area contributed by atoms with E-state index in [-0.39, 0.29) is 5.91 Å². The van der Waals surface area contributed by atoms with Crippen molar-refractivity contribution in [1.29, 1.82) is 0 Å². The summed E-state index contributed by atoms with van der Waals surface area (Å²) in [5, 5.41) is 11.0. The zero-order valence-electron chi connectivity index (χ0n) is 15.2. The molecule has 0 atom stereocenters. The minimum absolute atomic E-state index is 0.328. The van der Waals surface area contributed by atoms with Crippen LogP contribution in [0.25, 0.3) is 11.3 Å². The van der Waals surface area contributed by atoms with Gasteiger partial charge >= 0.3 is 0 Å². The van der Waals surface area contributed by atoms with Crippen molar-refractivity contribution in [1.82, 2.24) is 15.6 Å². The number of carbonyl (C=O) groups is 1. The summed E-state index contributed by atoms with van der Waals surface area (Å²) in [6.45, 7) is 6.33. The van der Waals surface area contributed by atoms with Gasteiger partial charge in [0, 0.05) is 5.56 Å². The van der Waals surface area contributed by atoms with Gasteiger partial charge in [-0.3, -0.25) is 9.89 Å². The number of hydrazone groups is 1. The number of carbonyl (C=O) groups excluding carboxylic acids is 1. The molecule has 5 heteroatoms. The third-order valence-electron chi connectivity index (χ3n) is 4.15. The summed E-state index contributed by atoms with van der Waals surface area (Å²) in [5.74, 6) is 0.162. The molecule has 0 unspecified atom stereocenters. The van der Waals surface area contributed by atoms with Gasteiger partial charge in [-0.25, -0.2) is 5.43 Å². The van der Waals surface area contributed by atoms with E-state index in [0.29, 0.717) is 11.6 Å². The predicted molar refractivity (Wildman–Crippen MR) is 104 cm³/mol. The molecule has 3 aromatic rings. The number of aryl methyl sites for hydroxylation is 1. The fraction of sp³-hybridized carbons (Fsp3) is 0.190. The third kappa shape index (κ3) is 4.25. The van der Waals surface area contributed by atoms with Crippen LogP contribution in [0.3, 0.4) is 0 Å². The first kappa shape index (κ1) is 17.6. The van der Waals surface area contributed by atoms with Gasteiger partial charge in [-0.15, -0.1) is 0 Å². The van der Waals surface area contributed by atoms with Crippen molar-refractivity contribution in [3.63, 3.8) is 0 Å². The summed E-state index contributed by atoms with van der Waals surface area (Å²) in [5.41, 5.74) is 7.95. The Morgan fingerprint density at radius 3 is 2.46 bits per heavy atom. The number of aromatic amines is 1. The number of hydrogen-bond acceptors (Lipinski definition) is 3. The van der Waals surface area contributed by atoms with E-state index >= 15 is 0 Å². The quantitative estimate of drug-likeness (QED) is 0.535. The highest BCUT2D eigenvalue weighted by atomic mass is 16.2. The molecule has 1 heterocycles. The molecule has 0 spiro atoms. The lowest BCUT2D eigenvalue weighted by atomic mass is 10.0. The monoisotopic (exact) mass is 346 g/mol. The lowest BCUT2D eigenvalue weighted by Crippen LogP contribution is -2.18. The van der Waals surface area contributed by atoms with Gasteiger partial charge in [-0.1, -0.05) is 67.9 Å².